The summed E-state index contributed by atoms with van der Waals surface area (Å²) in [5, 5.41) is 0. The number of rotatable bonds is 4. The highest BCUT2D eigenvalue weighted by atomic mass is 15.1. The van der Waals surface area contributed by atoms with E-state index in [9.17, 15) is 0 Å². The zero-order valence-corrected chi connectivity index (χ0v) is 39.3. The Morgan fingerprint density at radius 2 is 0.831 bits per heavy atom. The monoisotopic (exact) mass is 782 g/mol. The molecule has 9 rings (SSSR count). The molecule has 1 nitrogen and oxygen atoms in total. The van der Waals surface area contributed by atoms with Crippen LogP contribution in [-0.4, -0.2) is 0 Å². The van der Waals surface area contributed by atoms with Gasteiger partial charge in [0, 0.05) is 22.4 Å². The second-order valence-electron chi connectivity index (χ2n) is 23.9. The lowest BCUT2D eigenvalue weighted by Crippen LogP contribution is -2.35. The van der Waals surface area contributed by atoms with E-state index in [0.29, 0.717) is 0 Å². The molecular formula is C58H71N. The predicted octanol–water partition coefficient (Wildman–Crippen LogP) is 16.5. The smallest absolute Gasteiger partial charge is 0.0543 e. The Labute approximate surface area is 358 Å². The van der Waals surface area contributed by atoms with Gasteiger partial charge in [-0.15, -0.1) is 0 Å². The number of nitrogens with zero attached hydrogens (tertiary/aromatic N) is 1. The summed E-state index contributed by atoms with van der Waals surface area (Å²) in [6, 6.07) is 34.5. The maximum Gasteiger partial charge on any atom is 0.0543 e. The van der Waals surface area contributed by atoms with Crippen LogP contribution in [0.15, 0.2) is 84.9 Å². The van der Waals surface area contributed by atoms with Gasteiger partial charge in [-0.25, -0.2) is 0 Å². The maximum atomic E-state index is 2.70. The zero-order valence-electron chi connectivity index (χ0n) is 39.3. The minimum absolute atomic E-state index is 0.0351. The molecule has 0 saturated heterocycles. The van der Waals surface area contributed by atoms with Crippen molar-refractivity contribution in [3.05, 3.63) is 135 Å². The van der Waals surface area contributed by atoms with Crippen LogP contribution >= 0.6 is 0 Å². The topological polar surface area (TPSA) is 3.24 Å². The van der Waals surface area contributed by atoms with Crippen molar-refractivity contribution in [2.45, 2.75) is 180 Å². The molecule has 0 saturated carbocycles. The maximum absolute atomic E-state index is 2.70. The molecule has 4 aliphatic rings. The number of hydrogen-bond acceptors (Lipinski definition) is 1. The highest BCUT2D eigenvalue weighted by Gasteiger charge is 2.44. The first-order chi connectivity index (χ1) is 27.4. The third-order valence-electron chi connectivity index (χ3n) is 16.6. The van der Waals surface area contributed by atoms with E-state index in [2.05, 4.69) is 194 Å². The third-order valence-corrected chi connectivity index (χ3v) is 16.6. The van der Waals surface area contributed by atoms with E-state index in [0.717, 1.165) is 0 Å². The van der Waals surface area contributed by atoms with Gasteiger partial charge in [-0.05, 0) is 181 Å². The quantitative estimate of drug-likeness (QED) is 0.176. The highest BCUT2D eigenvalue weighted by molar-refractivity contribution is 5.97. The van der Waals surface area contributed by atoms with Crippen molar-refractivity contribution in [2.75, 3.05) is 4.90 Å². The number of hydrogen-bond donors (Lipinski definition) is 0. The first-order valence-corrected chi connectivity index (χ1v) is 22.9. The second-order valence-corrected chi connectivity index (χ2v) is 23.9. The zero-order chi connectivity index (χ0) is 42.5. The van der Waals surface area contributed by atoms with Gasteiger partial charge >= 0.3 is 0 Å². The Kier molecular flexibility index (Phi) is 8.69. The molecule has 0 spiro atoms. The van der Waals surface area contributed by atoms with Crippen molar-refractivity contribution >= 4 is 17.1 Å². The van der Waals surface area contributed by atoms with E-state index in [-0.39, 0.29) is 37.9 Å². The lowest BCUT2D eigenvalue weighted by atomic mass is 9.61. The van der Waals surface area contributed by atoms with Crippen LogP contribution in [-0.2, 0) is 37.9 Å². The van der Waals surface area contributed by atoms with E-state index < -0.39 is 0 Å². The fourth-order valence-corrected chi connectivity index (χ4v) is 12.2. The summed E-state index contributed by atoms with van der Waals surface area (Å²) < 4.78 is 0. The number of anilines is 3. The van der Waals surface area contributed by atoms with Gasteiger partial charge in [-0.1, -0.05) is 145 Å². The fourth-order valence-electron chi connectivity index (χ4n) is 12.2. The molecule has 0 N–H and O–H groups in total. The average Bonchev–Trinajstić information content (AvgIpc) is 3.39. The summed E-state index contributed by atoms with van der Waals surface area (Å²) in [7, 11) is 0. The van der Waals surface area contributed by atoms with Gasteiger partial charge in [0.15, 0.2) is 0 Å². The van der Waals surface area contributed by atoms with E-state index in [1.54, 1.807) is 5.56 Å². The molecule has 5 aromatic rings. The Hall–Kier alpha value is -4.10. The molecule has 0 aliphatic heterocycles. The summed E-state index contributed by atoms with van der Waals surface area (Å²) in [5.74, 6) is 0. The van der Waals surface area contributed by atoms with Crippen molar-refractivity contribution in [3.8, 4) is 22.3 Å². The van der Waals surface area contributed by atoms with E-state index in [4.69, 9.17) is 0 Å². The van der Waals surface area contributed by atoms with Crippen LogP contribution < -0.4 is 4.90 Å². The minimum Gasteiger partial charge on any atom is -0.310 e. The molecule has 308 valence electrons. The van der Waals surface area contributed by atoms with Crippen molar-refractivity contribution < 1.29 is 0 Å². The van der Waals surface area contributed by atoms with Crippen LogP contribution in [0.2, 0.25) is 0 Å². The average molecular weight is 782 g/mol. The lowest BCUT2D eigenvalue weighted by Gasteiger charge is -2.44. The van der Waals surface area contributed by atoms with Crippen molar-refractivity contribution in [3.63, 3.8) is 0 Å². The van der Waals surface area contributed by atoms with E-state index in [1.165, 1.54) is 122 Å². The van der Waals surface area contributed by atoms with Gasteiger partial charge in [0.05, 0.1) is 5.69 Å². The van der Waals surface area contributed by atoms with Gasteiger partial charge in [0.1, 0.15) is 0 Å². The number of fused-ring (bicyclic) bond motifs is 6. The van der Waals surface area contributed by atoms with Crippen LogP contribution in [0.5, 0.6) is 0 Å². The predicted molar refractivity (Wildman–Crippen MR) is 255 cm³/mol. The van der Waals surface area contributed by atoms with Crippen LogP contribution in [0.3, 0.4) is 0 Å². The van der Waals surface area contributed by atoms with Crippen molar-refractivity contribution in [2.24, 2.45) is 0 Å². The summed E-state index contributed by atoms with van der Waals surface area (Å²) in [4.78, 5) is 2.70. The molecule has 0 unspecified atom stereocenters. The van der Waals surface area contributed by atoms with Gasteiger partial charge in [0.25, 0.3) is 0 Å². The molecule has 0 bridgehead atoms. The molecule has 4 aliphatic carbocycles. The highest BCUT2D eigenvalue weighted by Crippen LogP contribution is 2.58. The van der Waals surface area contributed by atoms with Crippen molar-refractivity contribution in [1.29, 1.82) is 0 Å². The molecule has 0 atom stereocenters. The molecule has 0 amide bonds. The summed E-state index contributed by atoms with van der Waals surface area (Å²) in [6.07, 6.45) is 7.17. The molecule has 0 heterocycles. The van der Waals surface area contributed by atoms with E-state index in [1.807, 2.05) is 0 Å². The molecule has 0 fully saturated rings. The summed E-state index contributed by atoms with van der Waals surface area (Å²) in [5.41, 5.74) is 23.1. The van der Waals surface area contributed by atoms with E-state index >= 15 is 0 Å². The van der Waals surface area contributed by atoms with Gasteiger partial charge in [0.2, 0.25) is 0 Å². The number of benzene rings is 5. The van der Waals surface area contributed by atoms with Gasteiger partial charge in [-0.2, -0.15) is 0 Å². The molecular weight excluding hydrogens is 711 g/mol. The standard InChI is InChI=1S/C58H71N/c1-36-20-23-45-51(57(12,13)31-30-54(45,6)7)50(36)41-34-40-39-18-16-17-19-42(39)58(14,15)46(40)35-49(41)59(37-21-24-43-47(32-37)55(8,9)28-26-52(43,2)3)38-22-25-44-48(33-38)56(10,11)29-27-53(44,4)5/h16-25,32-35H,26-31H2,1-15H3. The molecule has 59 heavy (non-hydrogen) atoms. The largest absolute Gasteiger partial charge is 0.310 e. The second kappa shape index (κ2) is 12.7. The fraction of sp³-hybridized carbons (Fsp3) is 0.483. The van der Waals surface area contributed by atoms with Crippen molar-refractivity contribution in [1.82, 2.24) is 0 Å². The Morgan fingerprint density at radius 3 is 1.37 bits per heavy atom. The Balaban J connectivity index is 1.43. The van der Waals surface area contributed by atoms with Crippen LogP contribution in [0, 0.1) is 6.92 Å². The van der Waals surface area contributed by atoms with Crippen LogP contribution in [0.1, 0.15) is 186 Å². The SMILES string of the molecule is Cc1ccc2c(c1-c1cc3c(cc1N(c1ccc4c(c1)C(C)(C)CCC4(C)C)c1ccc4c(c1)C(C)(C)CCC4(C)C)C(C)(C)c1ccccc1-3)C(C)(C)CCC2(C)C. The Bertz CT molecular complexity index is 2470. The number of aryl methyl sites for hydroxylation is 1. The minimum atomic E-state index is -0.138. The first kappa shape index (κ1) is 40.3. The van der Waals surface area contributed by atoms with Crippen LogP contribution in [0.25, 0.3) is 22.3 Å². The Morgan fingerprint density at radius 1 is 0.373 bits per heavy atom. The normalized spacial score (nSPS) is 21.7. The molecule has 0 radical (unpaired) electrons. The molecule has 0 aromatic heterocycles. The summed E-state index contributed by atoms with van der Waals surface area (Å²) >= 11 is 0. The molecule has 1 heteroatoms. The summed E-state index contributed by atoms with van der Waals surface area (Å²) in [6.45, 7) is 36.9. The first-order valence-electron chi connectivity index (χ1n) is 22.9. The van der Waals surface area contributed by atoms with Crippen LogP contribution in [0.4, 0.5) is 17.1 Å². The molecule has 5 aromatic carbocycles. The van der Waals surface area contributed by atoms with Gasteiger partial charge < -0.3 is 4.90 Å². The lowest BCUT2D eigenvalue weighted by molar-refractivity contribution is 0.332. The van der Waals surface area contributed by atoms with Gasteiger partial charge in [-0.3, -0.25) is 0 Å². The third kappa shape index (κ3) is 6.05.